The second kappa shape index (κ2) is 6.52. The van der Waals surface area contributed by atoms with Crippen LogP contribution >= 0.6 is 0 Å². The molecule has 2 aromatic heterocycles. The number of amides is 1. The topological polar surface area (TPSA) is 59.8 Å². The number of pyridine rings is 1. The molecule has 0 aliphatic heterocycles. The quantitative estimate of drug-likeness (QED) is 0.767. The van der Waals surface area contributed by atoms with E-state index in [1.165, 1.54) is 0 Å². The minimum Gasteiger partial charge on any atom is -0.334 e. The van der Waals surface area contributed by atoms with E-state index in [2.05, 4.69) is 15.3 Å². The third-order valence-electron chi connectivity index (χ3n) is 5.13. The molecule has 1 aliphatic carbocycles. The van der Waals surface area contributed by atoms with E-state index < -0.39 is 11.6 Å². The Morgan fingerprint density at radius 3 is 2.69 bits per heavy atom. The number of fused-ring (bicyclic) bond motifs is 1. The predicted octanol–water partition coefficient (Wildman–Crippen LogP) is 4.25. The Kier molecular flexibility index (Phi) is 4.18. The van der Waals surface area contributed by atoms with Gasteiger partial charge in [0.2, 0.25) is 0 Å². The number of rotatable bonds is 3. The van der Waals surface area contributed by atoms with Crippen molar-refractivity contribution in [3.05, 3.63) is 43.0 Å². The largest absolute Gasteiger partial charge is 0.334 e. The molecule has 0 spiro atoms. The first-order chi connectivity index (χ1) is 12.5. The Morgan fingerprint density at radius 1 is 1.15 bits per heavy atom. The number of hydrogen-bond acceptors (Lipinski definition) is 3. The molecule has 1 amide bonds. The lowest BCUT2D eigenvalue weighted by Crippen LogP contribution is -2.40. The third kappa shape index (κ3) is 3.07. The van der Waals surface area contributed by atoms with Crippen molar-refractivity contribution < 1.29 is 9.18 Å². The van der Waals surface area contributed by atoms with Gasteiger partial charge in [-0.25, -0.2) is 14.4 Å². The molecule has 134 valence electrons. The molecule has 0 saturated heterocycles. The van der Waals surface area contributed by atoms with Gasteiger partial charge in [0.15, 0.2) is 5.67 Å². The molecule has 4 rings (SSSR count). The Balaban J connectivity index is 1.62. The van der Waals surface area contributed by atoms with E-state index in [1.807, 2.05) is 29.8 Å². The molecule has 1 saturated carbocycles. The van der Waals surface area contributed by atoms with Gasteiger partial charge in [-0.2, -0.15) is 0 Å². The van der Waals surface area contributed by atoms with Crippen LogP contribution in [0.15, 0.2) is 43.0 Å². The summed E-state index contributed by atoms with van der Waals surface area (Å²) >= 11 is 0. The number of imidazole rings is 1. The fraction of sp³-hybridized carbons (Fsp3) is 0.350. The molecule has 6 heteroatoms. The van der Waals surface area contributed by atoms with Gasteiger partial charge in [0.25, 0.3) is 5.91 Å². The average Bonchev–Trinajstić information content (AvgIpc) is 3.07. The summed E-state index contributed by atoms with van der Waals surface area (Å²) in [5.41, 5.74) is 0.250. The molecule has 0 radical (unpaired) electrons. The molecule has 1 fully saturated rings. The molecule has 0 atom stereocenters. The van der Waals surface area contributed by atoms with Crippen molar-refractivity contribution in [2.24, 2.45) is 7.05 Å². The van der Waals surface area contributed by atoms with Crippen LogP contribution in [-0.4, -0.2) is 26.1 Å². The van der Waals surface area contributed by atoms with Gasteiger partial charge in [-0.3, -0.25) is 4.79 Å². The molecule has 26 heavy (non-hydrogen) atoms. The third-order valence-corrected chi connectivity index (χ3v) is 5.13. The number of halogens is 1. The molecular weight excluding hydrogens is 331 g/mol. The Labute approximate surface area is 151 Å². The second-order valence-corrected chi connectivity index (χ2v) is 7.00. The van der Waals surface area contributed by atoms with Crippen LogP contribution < -0.4 is 5.32 Å². The van der Waals surface area contributed by atoms with E-state index in [1.54, 1.807) is 24.8 Å². The summed E-state index contributed by atoms with van der Waals surface area (Å²) in [6, 6.07) is 7.81. The van der Waals surface area contributed by atoms with Crippen LogP contribution in [0.1, 0.15) is 32.1 Å². The SMILES string of the molecule is Cn1cncc1-c1ccc2cnc(NC(=O)C3(F)CCCCC3)cc2c1. The zero-order chi connectivity index (χ0) is 18.1. The average molecular weight is 352 g/mol. The first-order valence-corrected chi connectivity index (χ1v) is 8.92. The highest BCUT2D eigenvalue weighted by atomic mass is 19.1. The highest BCUT2D eigenvalue weighted by molar-refractivity contribution is 5.98. The summed E-state index contributed by atoms with van der Waals surface area (Å²) in [7, 11) is 1.94. The number of nitrogens with one attached hydrogen (secondary N) is 1. The van der Waals surface area contributed by atoms with Gasteiger partial charge in [-0.05, 0) is 43.2 Å². The molecule has 1 N–H and O–H groups in total. The van der Waals surface area contributed by atoms with Crippen molar-refractivity contribution in [3.63, 3.8) is 0 Å². The second-order valence-electron chi connectivity index (χ2n) is 7.00. The number of carbonyl (C=O) groups excluding carboxylic acids is 1. The van der Waals surface area contributed by atoms with Gasteiger partial charge in [-0.1, -0.05) is 18.6 Å². The molecule has 0 unspecified atom stereocenters. The number of benzene rings is 1. The van der Waals surface area contributed by atoms with E-state index in [4.69, 9.17) is 0 Å². The van der Waals surface area contributed by atoms with Gasteiger partial charge >= 0.3 is 0 Å². The smallest absolute Gasteiger partial charge is 0.263 e. The molecule has 1 aliphatic rings. The number of hydrogen-bond donors (Lipinski definition) is 1. The predicted molar refractivity (Wildman–Crippen MR) is 99.5 cm³/mol. The monoisotopic (exact) mass is 352 g/mol. The Hall–Kier alpha value is -2.76. The maximum absolute atomic E-state index is 14.8. The molecule has 3 aromatic rings. The van der Waals surface area contributed by atoms with E-state index in [9.17, 15) is 9.18 Å². The zero-order valence-corrected chi connectivity index (χ0v) is 14.7. The van der Waals surface area contributed by atoms with E-state index >= 15 is 0 Å². The Bertz CT molecular complexity index is 959. The van der Waals surface area contributed by atoms with Crippen molar-refractivity contribution in [3.8, 4) is 11.3 Å². The summed E-state index contributed by atoms with van der Waals surface area (Å²) < 4.78 is 16.8. The number of carbonyl (C=O) groups is 1. The molecular formula is C20H21FN4O. The molecule has 5 nitrogen and oxygen atoms in total. The van der Waals surface area contributed by atoms with Crippen LogP contribution in [0.5, 0.6) is 0 Å². The highest BCUT2D eigenvalue weighted by Gasteiger charge is 2.39. The maximum Gasteiger partial charge on any atom is 0.263 e. The maximum atomic E-state index is 14.8. The molecule has 1 aromatic carbocycles. The number of anilines is 1. The van der Waals surface area contributed by atoms with Gasteiger partial charge in [0.05, 0.1) is 18.2 Å². The summed E-state index contributed by atoms with van der Waals surface area (Å²) in [4.78, 5) is 20.8. The lowest BCUT2D eigenvalue weighted by Gasteiger charge is -2.27. The summed E-state index contributed by atoms with van der Waals surface area (Å²) in [5, 5.41) is 4.56. The molecule has 0 bridgehead atoms. The zero-order valence-electron chi connectivity index (χ0n) is 14.7. The van der Waals surface area contributed by atoms with Crippen LogP contribution in [0.25, 0.3) is 22.0 Å². The van der Waals surface area contributed by atoms with Crippen LogP contribution in [0.2, 0.25) is 0 Å². The van der Waals surface area contributed by atoms with Crippen molar-refractivity contribution >= 4 is 22.5 Å². The van der Waals surface area contributed by atoms with Crippen molar-refractivity contribution in [2.75, 3.05) is 5.32 Å². The van der Waals surface area contributed by atoms with Crippen molar-refractivity contribution in [1.29, 1.82) is 0 Å². The van der Waals surface area contributed by atoms with Crippen molar-refractivity contribution in [2.45, 2.75) is 37.8 Å². The lowest BCUT2D eigenvalue weighted by molar-refractivity contribution is -0.129. The number of aromatic nitrogens is 3. The molecule has 2 heterocycles. The number of aryl methyl sites for hydroxylation is 1. The Morgan fingerprint density at radius 2 is 1.96 bits per heavy atom. The number of alkyl halides is 1. The van der Waals surface area contributed by atoms with Gasteiger partial charge in [0.1, 0.15) is 5.82 Å². The standard InChI is InChI=1S/C20H21FN4O/c1-25-13-22-12-17(25)14-5-6-15-11-23-18(10-16(15)9-14)24-19(26)20(21)7-3-2-4-8-20/h5-6,9-13H,2-4,7-8H2,1H3,(H,23,24,26). The normalized spacial score (nSPS) is 16.5. The van der Waals surface area contributed by atoms with Gasteiger partial charge < -0.3 is 9.88 Å². The van der Waals surface area contributed by atoms with Crippen LogP contribution in [-0.2, 0) is 11.8 Å². The van der Waals surface area contributed by atoms with E-state index in [0.29, 0.717) is 5.82 Å². The van der Waals surface area contributed by atoms with Crippen molar-refractivity contribution in [1.82, 2.24) is 14.5 Å². The summed E-state index contributed by atoms with van der Waals surface area (Å²) in [6.45, 7) is 0. The van der Waals surface area contributed by atoms with Crippen LogP contribution in [0, 0.1) is 0 Å². The van der Waals surface area contributed by atoms with E-state index in [-0.39, 0.29) is 12.8 Å². The summed E-state index contributed by atoms with van der Waals surface area (Å²) in [5.74, 6) is -0.195. The van der Waals surface area contributed by atoms with Crippen LogP contribution in [0.4, 0.5) is 10.2 Å². The first-order valence-electron chi connectivity index (χ1n) is 8.92. The lowest BCUT2D eigenvalue weighted by atomic mass is 9.86. The van der Waals surface area contributed by atoms with Gasteiger partial charge in [0, 0.05) is 24.2 Å². The van der Waals surface area contributed by atoms with Gasteiger partial charge in [-0.15, -0.1) is 0 Å². The minimum absolute atomic E-state index is 0.289. The van der Waals surface area contributed by atoms with E-state index in [0.717, 1.165) is 41.3 Å². The highest BCUT2D eigenvalue weighted by Crippen LogP contribution is 2.33. The first kappa shape index (κ1) is 16.7. The number of nitrogens with zero attached hydrogens (tertiary/aromatic N) is 3. The summed E-state index contributed by atoms with van der Waals surface area (Å²) in [6.07, 6.45) is 8.33. The fourth-order valence-electron chi connectivity index (χ4n) is 3.57. The minimum atomic E-state index is -1.77. The van der Waals surface area contributed by atoms with Crippen LogP contribution in [0.3, 0.4) is 0 Å². The fourth-order valence-corrected chi connectivity index (χ4v) is 3.57.